The summed E-state index contributed by atoms with van der Waals surface area (Å²) >= 11 is 0. The highest BCUT2D eigenvalue weighted by Gasteiger charge is 2.42. The zero-order valence-corrected chi connectivity index (χ0v) is 24.7. The minimum atomic E-state index is -4.51. The highest BCUT2D eigenvalue weighted by Crippen LogP contribution is 2.38. The molecule has 0 radical (unpaired) electrons. The number of sulfonamides is 1. The fourth-order valence-electron chi connectivity index (χ4n) is 5.26. The molecule has 0 unspecified atom stereocenters. The minimum absolute atomic E-state index is 0.0976. The van der Waals surface area contributed by atoms with E-state index in [2.05, 4.69) is 5.32 Å². The predicted octanol–water partition coefficient (Wildman–Crippen LogP) is 5.83. The number of esters is 1. The number of carbonyl (C=O) groups is 2. The first-order chi connectivity index (χ1) is 20.9. The molecule has 7 nitrogen and oxygen atoms in total. The Morgan fingerprint density at radius 1 is 0.932 bits per heavy atom. The van der Waals surface area contributed by atoms with Crippen molar-refractivity contribution in [2.75, 3.05) is 11.4 Å². The Kier molecular flexibility index (Phi) is 8.51. The van der Waals surface area contributed by atoms with Crippen LogP contribution in [0.1, 0.15) is 27.8 Å². The molecule has 1 atom stereocenters. The monoisotopic (exact) mass is 622 g/mol. The van der Waals surface area contributed by atoms with Gasteiger partial charge < -0.3 is 10.1 Å². The van der Waals surface area contributed by atoms with E-state index in [1.165, 1.54) is 43.5 Å². The van der Waals surface area contributed by atoms with E-state index in [9.17, 15) is 31.2 Å². The quantitative estimate of drug-likeness (QED) is 0.250. The van der Waals surface area contributed by atoms with E-state index in [4.69, 9.17) is 4.74 Å². The molecule has 4 aromatic carbocycles. The number of hydrogen-bond acceptors (Lipinski definition) is 5. The average Bonchev–Trinajstić information content (AvgIpc) is 3.41. The number of alkyl halides is 3. The molecule has 4 aromatic rings. The Morgan fingerprint density at radius 2 is 1.66 bits per heavy atom. The number of hydrogen-bond donors (Lipinski definition) is 1. The molecule has 0 bridgehead atoms. The summed E-state index contributed by atoms with van der Waals surface area (Å²) in [5.74, 6) is -0.844. The Hall–Kier alpha value is -4.64. The van der Waals surface area contributed by atoms with Crippen molar-refractivity contribution in [1.29, 1.82) is 0 Å². The molecular formula is C33H29F3N2O5S. The molecule has 0 aromatic heterocycles. The molecule has 1 heterocycles. The third-order valence-corrected chi connectivity index (χ3v) is 9.44. The van der Waals surface area contributed by atoms with Crippen LogP contribution in [-0.2, 0) is 49.9 Å². The lowest BCUT2D eigenvalue weighted by Gasteiger charge is -2.26. The number of aryl methyl sites for hydroxylation is 1. The van der Waals surface area contributed by atoms with Crippen LogP contribution in [0.5, 0.6) is 0 Å². The van der Waals surface area contributed by atoms with E-state index in [-0.39, 0.29) is 30.3 Å². The van der Waals surface area contributed by atoms with Gasteiger partial charge in [0.2, 0.25) is 5.91 Å². The number of anilines is 1. The molecule has 0 aliphatic carbocycles. The Morgan fingerprint density at radius 3 is 2.34 bits per heavy atom. The number of fused-ring (bicyclic) bond motifs is 1. The Balaban J connectivity index is 1.38. The Labute approximate surface area is 253 Å². The molecular weight excluding hydrogens is 593 g/mol. The summed E-state index contributed by atoms with van der Waals surface area (Å²) in [6, 6.07) is 21.6. The van der Waals surface area contributed by atoms with Crippen LogP contribution in [0.4, 0.5) is 18.9 Å². The molecule has 1 amide bonds. The van der Waals surface area contributed by atoms with E-state index < -0.39 is 33.7 Å². The molecule has 0 saturated heterocycles. The molecule has 228 valence electrons. The largest absolute Gasteiger partial charge is 0.469 e. The molecule has 44 heavy (non-hydrogen) atoms. The van der Waals surface area contributed by atoms with Crippen molar-refractivity contribution in [2.24, 2.45) is 0 Å². The van der Waals surface area contributed by atoms with Crippen molar-refractivity contribution in [3.63, 3.8) is 0 Å². The van der Waals surface area contributed by atoms with Gasteiger partial charge in [-0.1, -0.05) is 60.7 Å². The molecule has 11 heteroatoms. The third-order valence-electron chi connectivity index (χ3n) is 7.60. The number of halogens is 3. The lowest BCUT2D eigenvalue weighted by molar-refractivity contribution is -0.140. The normalized spacial score (nSPS) is 14.7. The zero-order chi connectivity index (χ0) is 31.6. The van der Waals surface area contributed by atoms with Crippen molar-refractivity contribution in [3.05, 3.63) is 119 Å². The lowest BCUT2D eigenvalue weighted by atomic mass is 10.0. The van der Waals surface area contributed by atoms with Gasteiger partial charge in [-0.2, -0.15) is 13.2 Å². The molecule has 1 N–H and O–H groups in total. The number of nitrogens with one attached hydrogen (secondary N) is 1. The molecule has 0 spiro atoms. The fraction of sp³-hybridized carbons (Fsp3) is 0.212. The summed E-state index contributed by atoms with van der Waals surface area (Å²) in [7, 11) is -2.92. The highest BCUT2D eigenvalue weighted by atomic mass is 32.2. The minimum Gasteiger partial charge on any atom is -0.469 e. The van der Waals surface area contributed by atoms with E-state index in [1.807, 2.05) is 13.0 Å². The van der Waals surface area contributed by atoms with Crippen LogP contribution in [-0.4, -0.2) is 33.4 Å². The summed E-state index contributed by atoms with van der Waals surface area (Å²) < 4.78 is 73.4. The second-order valence-electron chi connectivity index (χ2n) is 10.5. The molecule has 0 fully saturated rings. The van der Waals surface area contributed by atoms with Crippen molar-refractivity contribution >= 4 is 27.6 Å². The maximum absolute atomic E-state index is 14.0. The van der Waals surface area contributed by atoms with Gasteiger partial charge in [-0.15, -0.1) is 0 Å². The predicted molar refractivity (Wildman–Crippen MR) is 159 cm³/mol. The second-order valence-corrected chi connectivity index (χ2v) is 12.3. The number of methoxy groups -OCH3 is 1. The van der Waals surface area contributed by atoms with Gasteiger partial charge in [0.05, 0.1) is 29.7 Å². The molecule has 1 aliphatic rings. The lowest BCUT2D eigenvalue weighted by Crippen LogP contribution is -2.47. The SMILES string of the molecule is COC(=O)Cc1ccc(CNC(=O)[C@@H]2Cc3ccccc3N2S(=O)(=O)c2ccc(-c3cccc(C(F)(F)F)c3)cc2)cc1C. The summed E-state index contributed by atoms with van der Waals surface area (Å²) in [6.07, 6.45) is -4.21. The van der Waals surface area contributed by atoms with Crippen LogP contribution in [0.25, 0.3) is 11.1 Å². The number of rotatable bonds is 8. The van der Waals surface area contributed by atoms with Gasteiger partial charge in [-0.25, -0.2) is 8.42 Å². The van der Waals surface area contributed by atoms with Crippen molar-refractivity contribution in [2.45, 2.75) is 43.4 Å². The number of para-hydroxylation sites is 1. The number of nitrogens with zero attached hydrogens (tertiary/aromatic N) is 1. The average molecular weight is 623 g/mol. The number of amides is 1. The van der Waals surface area contributed by atoms with Crippen LogP contribution < -0.4 is 9.62 Å². The zero-order valence-electron chi connectivity index (χ0n) is 23.9. The van der Waals surface area contributed by atoms with Crippen LogP contribution >= 0.6 is 0 Å². The van der Waals surface area contributed by atoms with Crippen molar-refractivity contribution in [3.8, 4) is 11.1 Å². The number of ether oxygens (including phenoxy) is 1. The van der Waals surface area contributed by atoms with Gasteiger partial charge in [0.15, 0.2) is 0 Å². The van der Waals surface area contributed by atoms with Crippen LogP contribution in [0.3, 0.4) is 0 Å². The summed E-state index contributed by atoms with van der Waals surface area (Å²) in [5, 5.41) is 2.85. The Bertz CT molecular complexity index is 1820. The van der Waals surface area contributed by atoms with Gasteiger partial charge in [0, 0.05) is 13.0 Å². The first-order valence-corrected chi connectivity index (χ1v) is 15.2. The van der Waals surface area contributed by atoms with Gasteiger partial charge >= 0.3 is 12.1 Å². The maximum Gasteiger partial charge on any atom is 0.416 e. The maximum atomic E-state index is 14.0. The third kappa shape index (κ3) is 6.33. The number of benzene rings is 4. The molecule has 0 saturated carbocycles. The van der Waals surface area contributed by atoms with E-state index in [1.54, 1.807) is 36.4 Å². The highest BCUT2D eigenvalue weighted by molar-refractivity contribution is 7.93. The first kappa shape index (κ1) is 30.8. The topological polar surface area (TPSA) is 92.8 Å². The van der Waals surface area contributed by atoms with Gasteiger partial charge in [0.25, 0.3) is 10.0 Å². The van der Waals surface area contributed by atoms with Gasteiger partial charge in [0.1, 0.15) is 6.04 Å². The van der Waals surface area contributed by atoms with E-state index >= 15 is 0 Å². The number of carbonyl (C=O) groups excluding carboxylic acids is 2. The smallest absolute Gasteiger partial charge is 0.416 e. The van der Waals surface area contributed by atoms with E-state index in [0.29, 0.717) is 22.4 Å². The van der Waals surface area contributed by atoms with Crippen LogP contribution in [0.2, 0.25) is 0 Å². The van der Waals surface area contributed by atoms with Crippen LogP contribution in [0, 0.1) is 6.92 Å². The van der Waals surface area contributed by atoms with Crippen LogP contribution in [0.15, 0.2) is 95.9 Å². The first-order valence-electron chi connectivity index (χ1n) is 13.7. The summed E-state index contributed by atoms with van der Waals surface area (Å²) in [6.45, 7) is 1.99. The second kappa shape index (κ2) is 12.2. The standard InChI is InChI=1S/C33H29F3N2O5S/c1-21-16-22(10-11-24(21)19-31(39)43-2)20-37-32(40)30-18-26-6-3-4-9-29(26)38(30)44(41,42)28-14-12-23(13-15-28)25-7-5-8-27(17-25)33(34,35)36/h3-17,30H,18-20H2,1-2H3,(H,37,40)/t30-/m0/s1. The van der Waals surface area contributed by atoms with E-state index in [0.717, 1.165) is 33.1 Å². The summed E-state index contributed by atoms with van der Waals surface area (Å²) in [5.41, 5.74) is 3.42. The fourth-order valence-corrected chi connectivity index (χ4v) is 6.91. The van der Waals surface area contributed by atoms with Gasteiger partial charge in [-0.05, 0) is 70.6 Å². The molecule has 5 rings (SSSR count). The van der Waals surface area contributed by atoms with Crippen molar-refractivity contribution < 1.29 is 35.9 Å². The van der Waals surface area contributed by atoms with Gasteiger partial charge in [-0.3, -0.25) is 13.9 Å². The molecule has 1 aliphatic heterocycles. The summed E-state index contributed by atoms with van der Waals surface area (Å²) in [4.78, 5) is 25.0. The van der Waals surface area contributed by atoms with Crippen molar-refractivity contribution in [1.82, 2.24) is 5.32 Å².